The van der Waals surface area contributed by atoms with Crippen LogP contribution >= 0.6 is 0 Å². The molecule has 1 nitrogen and oxygen atoms in total. The lowest BCUT2D eigenvalue weighted by atomic mass is 9.93. The molecule has 0 unspecified atom stereocenters. The fraction of sp³-hybridized carbons (Fsp3) is 0.200. The number of halogens is 6. The van der Waals surface area contributed by atoms with Crippen LogP contribution in [0.25, 0.3) is 11.1 Å². The Hall–Kier alpha value is -2.02. The molecule has 0 aliphatic carbocycles. The molecular formula is C15H10F6O. The molecule has 0 heterocycles. The predicted molar refractivity (Wildman–Crippen MR) is 67.8 cm³/mol. The van der Waals surface area contributed by atoms with Crippen LogP contribution in [0.15, 0.2) is 42.5 Å². The van der Waals surface area contributed by atoms with Crippen LogP contribution in [-0.2, 0) is 19.0 Å². The summed E-state index contributed by atoms with van der Waals surface area (Å²) in [6.07, 6.45) is -9.24. The molecule has 0 fully saturated rings. The topological polar surface area (TPSA) is 20.2 Å². The van der Waals surface area contributed by atoms with Crippen molar-refractivity contribution >= 4 is 0 Å². The van der Waals surface area contributed by atoms with Crippen LogP contribution in [0.2, 0.25) is 0 Å². The minimum atomic E-state index is -4.68. The second kappa shape index (κ2) is 5.64. The van der Waals surface area contributed by atoms with E-state index in [0.717, 1.165) is 24.3 Å². The molecule has 0 spiro atoms. The Balaban J connectivity index is 2.61. The lowest BCUT2D eigenvalue weighted by Gasteiger charge is -2.17. The van der Waals surface area contributed by atoms with E-state index >= 15 is 0 Å². The summed E-state index contributed by atoms with van der Waals surface area (Å²) in [6.45, 7) is -0.653. The van der Waals surface area contributed by atoms with Gasteiger partial charge in [0.25, 0.3) is 0 Å². The number of hydrogen-bond acceptors (Lipinski definition) is 1. The van der Waals surface area contributed by atoms with E-state index < -0.39 is 30.1 Å². The highest BCUT2D eigenvalue weighted by Crippen LogP contribution is 2.40. The van der Waals surface area contributed by atoms with Crippen molar-refractivity contribution in [1.82, 2.24) is 0 Å². The first-order chi connectivity index (χ1) is 10.1. The number of alkyl halides is 6. The van der Waals surface area contributed by atoms with Crippen molar-refractivity contribution in [2.45, 2.75) is 19.0 Å². The zero-order valence-corrected chi connectivity index (χ0v) is 11.0. The van der Waals surface area contributed by atoms with E-state index in [1.54, 1.807) is 0 Å². The smallest absolute Gasteiger partial charge is 0.392 e. The van der Waals surface area contributed by atoms with Crippen molar-refractivity contribution in [3.05, 3.63) is 59.2 Å². The summed E-state index contributed by atoms with van der Waals surface area (Å²) >= 11 is 0. The summed E-state index contributed by atoms with van der Waals surface area (Å²) in [5, 5.41) is 9.21. The molecular weight excluding hydrogens is 310 g/mol. The molecule has 0 aliphatic rings. The highest BCUT2D eigenvalue weighted by atomic mass is 19.4. The van der Waals surface area contributed by atoms with Crippen molar-refractivity contribution in [3.63, 3.8) is 0 Å². The molecule has 0 aromatic heterocycles. The first-order valence-corrected chi connectivity index (χ1v) is 6.12. The van der Waals surface area contributed by atoms with Gasteiger partial charge in [-0.05, 0) is 34.9 Å². The van der Waals surface area contributed by atoms with Crippen LogP contribution in [0, 0.1) is 0 Å². The van der Waals surface area contributed by atoms with E-state index in [-0.39, 0.29) is 16.7 Å². The Kier molecular flexibility index (Phi) is 4.19. The number of benzene rings is 2. The summed E-state index contributed by atoms with van der Waals surface area (Å²) in [5.41, 5.74) is -2.31. The third-order valence-electron chi connectivity index (χ3n) is 3.13. The molecule has 0 aliphatic heterocycles. The Bertz CT molecular complexity index is 655. The van der Waals surface area contributed by atoms with Crippen LogP contribution in [0.4, 0.5) is 26.3 Å². The average Bonchev–Trinajstić information content (AvgIpc) is 2.44. The van der Waals surface area contributed by atoms with E-state index in [1.165, 1.54) is 6.07 Å². The maximum absolute atomic E-state index is 13.1. The molecule has 7 heteroatoms. The van der Waals surface area contributed by atoms with Crippen molar-refractivity contribution in [1.29, 1.82) is 0 Å². The maximum atomic E-state index is 13.1. The number of rotatable bonds is 2. The largest absolute Gasteiger partial charge is 0.417 e. The summed E-state index contributed by atoms with van der Waals surface area (Å²) in [6, 6.07) is 6.61. The molecule has 2 aromatic carbocycles. The minimum absolute atomic E-state index is 0.00502. The lowest BCUT2D eigenvalue weighted by Crippen LogP contribution is -2.09. The Morgan fingerprint density at radius 1 is 0.773 bits per heavy atom. The van der Waals surface area contributed by atoms with Gasteiger partial charge >= 0.3 is 12.4 Å². The number of aliphatic hydroxyl groups is 1. The Morgan fingerprint density at radius 2 is 1.36 bits per heavy atom. The van der Waals surface area contributed by atoms with E-state index in [0.29, 0.717) is 12.1 Å². The Morgan fingerprint density at radius 3 is 1.82 bits per heavy atom. The first-order valence-electron chi connectivity index (χ1n) is 6.12. The molecule has 0 atom stereocenters. The van der Waals surface area contributed by atoms with Gasteiger partial charge in [0, 0.05) is 0 Å². The molecule has 1 N–H and O–H groups in total. The number of aliphatic hydroxyl groups excluding tert-OH is 1. The van der Waals surface area contributed by atoms with Gasteiger partial charge in [-0.15, -0.1) is 0 Å². The third-order valence-corrected chi connectivity index (χ3v) is 3.13. The first kappa shape index (κ1) is 16.4. The lowest BCUT2D eigenvalue weighted by molar-refractivity contribution is -0.138. The van der Waals surface area contributed by atoms with E-state index in [1.807, 2.05) is 0 Å². The van der Waals surface area contributed by atoms with Gasteiger partial charge in [0.05, 0.1) is 17.7 Å². The van der Waals surface area contributed by atoms with Crippen LogP contribution < -0.4 is 0 Å². The zero-order valence-electron chi connectivity index (χ0n) is 11.0. The van der Waals surface area contributed by atoms with Crippen LogP contribution in [-0.4, -0.2) is 5.11 Å². The molecule has 0 bridgehead atoms. The summed E-state index contributed by atoms with van der Waals surface area (Å²) < 4.78 is 76.7. The normalized spacial score (nSPS) is 12.5. The highest BCUT2D eigenvalue weighted by Gasteiger charge is 2.35. The van der Waals surface area contributed by atoms with E-state index in [9.17, 15) is 31.4 Å². The SMILES string of the molecule is OCc1cccc(C(F)(F)F)c1-c1ccc(C(F)(F)F)cc1. The zero-order chi connectivity index (χ0) is 16.5. The molecule has 2 rings (SSSR count). The van der Waals surface area contributed by atoms with Crippen LogP contribution in [0.5, 0.6) is 0 Å². The van der Waals surface area contributed by atoms with Gasteiger partial charge in [0.2, 0.25) is 0 Å². The average molecular weight is 320 g/mol. The second-order valence-corrected chi connectivity index (χ2v) is 4.57. The summed E-state index contributed by atoms with van der Waals surface area (Å²) in [5.74, 6) is 0. The van der Waals surface area contributed by atoms with Crippen LogP contribution in [0.1, 0.15) is 16.7 Å². The standard InChI is InChI=1S/C15H10F6O/c16-14(17,18)11-6-4-9(5-7-11)13-10(8-22)2-1-3-12(13)15(19,20)21/h1-7,22H,8H2. The fourth-order valence-corrected chi connectivity index (χ4v) is 2.13. The van der Waals surface area contributed by atoms with Crippen molar-refractivity contribution in [2.24, 2.45) is 0 Å². The second-order valence-electron chi connectivity index (χ2n) is 4.57. The predicted octanol–water partition coefficient (Wildman–Crippen LogP) is 4.88. The maximum Gasteiger partial charge on any atom is 0.417 e. The van der Waals surface area contributed by atoms with E-state index in [4.69, 9.17) is 0 Å². The van der Waals surface area contributed by atoms with Gasteiger partial charge in [0.1, 0.15) is 0 Å². The van der Waals surface area contributed by atoms with Gasteiger partial charge < -0.3 is 5.11 Å². The molecule has 2 aromatic rings. The van der Waals surface area contributed by atoms with Gasteiger partial charge in [-0.25, -0.2) is 0 Å². The summed E-state index contributed by atoms with van der Waals surface area (Å²) in [7, 11) is 0. The fourth-order valence-electron chi connectivity index (χ4n) is 2.13. The number of hydrogen-bond donors (Lipinski definition) is 1. The van der Waals surface area contributed by atoms with Gasteiger partial charge in [-0.1, -0.05) is 24.3 Å². The summed E-state index contributed by atoms with van der Waals surface area (Å²) in [4.78, 5) is 0. The minimum Gasteiger partial charge on any atom is -0.392 e. The van der Waals surface area contributed by atoms with E-state index in [2.05, 4.69) is 0 Å². The van der Waals surface area contributed by atoms with Gasteiger partial charge in [-0.3, -0.25) is 0 Å². The molecule has 0 saturated heterocycles. The third kappa shape index (κ3) is 3.24. The highest BCUT2D eigenvalue weighted by molar-refractivity contribution is 5.72. The monoisotopic (exact) mass is 320 g/mol. The molecule has 22 heavy (non-hydrogen) atoms. The quantitative estimate of drug-likeness (QED) is 0.782. The molecule has 0 amide bonds. The Labute approximate surface area is 121 Å². The van der Waals surface area contributed by atoms with Crippen molar-refractivity contribution in [2.75, 3.05) is 0 Å². The molecule has 0 saturated carbocycles. The molecule has 0 radical (unpaired) electrons. The van der Waals surface area contributed by atoms with Crippen LogP contribution in [0.3, 0.4) is 0 Å². The van der Waals surface area contributed by atoms with Gasteiger partial charge in [-0.2, -0.15) is 26.3 Å². The van der Waals surface area contributed by atoms with Crippen molar-refractivity contribution < 1.29 is 31.4 Å². The van der Waals surface area contributed by atoms with Crippen molar-refractivity contribution in [3.8, 4) is 11.1 Å². The van der Waals surface area contributed by atoms with Gasteiger partial charge in [0.15, 0.2) is 0 Å². The molecule has 118 valence electrons.